The molecule has 0 aliphatic heterocycles. The second-order valence-electron chi connectivity index (χ2n) is 6.59. The fourth-order valence-corrected chi connectivity index (χ4v) is 4.05. The highest BCUT2D eigenvalue weighted by atomic mass is 32.1. The Kier molecular flexibility index (Phi) is 5.07. The number of thiazole rings is 1. The normalized spacial score (nSPS) is 12.0. The van der Waals surface area contributed by atoms with Crippen LogP contribution in [0.5, 0.6) is 0 Å². The van der Waals surface area contributed by atoms with Crippen molar-refractivity contribution >= 4 is 17.0 Å². The minimum Gasteiger partial charge on any atom is -0.463 e. The fourth-order valence-electron chi connectivity index (χ4n) is 3.12. The van der Waals surface area contributed by atoms with Gasteiger partial charge in [0.2, 0.25) is 0 Å². The van der Waals surface area contributed by atoms with Gasteiger partial charge >= 0.3 is 0 Å². The Bertz CT molecular complexity index is 1070. The first kappa shape index (κ1) is 17.5. The van der Waals surface area contributed by atoms with Crippen molar-refractivity contribution in [1.82, 2.24) is 14.1 Å². The number of benzene rings is 1. The van der Waals surface area contributed by atoms with E-state index >= 15 is 0 Å². The number of hydrogen-bond donors (Lipinski definition) is 0. The number of aryl methyl sites for hydroxylation is 3. The van der Waals surface area contributed by atoms with Gasteiger partial charge in [0, 0.05) is 30.9 Å². The van der Waals surface area contributed by atoms with Crippen molar-refractivity contribution in [2.24, 2.45) is 4.99 Å². The van der Waals surface area contributed by atoms with Crippen LogP contribution >= 0.6 is 11.3 Å². The summed E-state index contributed by atoms with van der Waals surface area (Å²) in [6.07, 6.45) is 8.36. The highest BCUT2D eigenvalue weighted by Crippen LogP contribution is 2.23. The second kappa shape index (κ2) is 7.80. The Labute approximate surface area is 162 Å². The van der Waals surface area contributed by atoms with Gasteiger partial charge in [-0.2, -0.15) is 0 Å². The lowest BCUT2D eigenvalue weighted by atomic mass is 10.1. The third kappa shape index (κ3) is 3.95. The Hall–Kier alpha value is -2.86. The molecule has 6 heteroatoms. The smallest absolute Gasteiger partial charge is 0.190 e. The first-order valence-corrected chi connectivity index (χ1v) is 9.88. The van der Waals surface area contributed by atoms with Crippen molar-refractivity contribution < 1.29 is 4.42 Å². The van der Waals surface area contributed by atoms with Crippen LogP contribution in [0.4, 0.5) is 5.69 Å². The molecule has 0 atom stereocenters. The first-order valence-electron chi connectivity index (χ1n) is 9.00. The molecule has 0 unspecified atom stereocenters. The SMILES string of the molecule is Cc1ccc(N=c2scc(-c3ccco3)n2CCCn2ccnc2)c(C)c1. The topological polar surface area (TPSA) is 48.2 Å². The highest BCUT2D eigenvalue weighted by Gasteiger charge is 2.11. The maximum absolute atomic E-state index is 5.64. The van der Waals surface area contributed by atoms with Crippen LogP contribution in [-0.4, -0.2) is 14.1 Å². The Morgan fingerprint density at radius 2 is 2.11 bits per heavy atom. The predicted octanol–water partition coefficient (Wildman–Crippen LogP) is 4.95. The van der Waals surface area contributed by atoms with Gasteiger partial charge in [0.25, 0.3) is 0 Å². The zero-order valence-electron chi connectivity index (χ0n) is 15.5. The van der Waals surface area contributed by atoms with E-state index in [0.29, 0.717) is 0 Å². The molecular formula is C21H22N4OS. The van der Waals surface area contributed by atoms with Crippen molar-refractivity contribution in [1.29, 1.82) is 0 Å². The van der Waals surface area contributed by atoms with Gasteiger partial charge in [-0.1, -0.05) is 17.7 Å². The maximum Gasteiger partial charge on any atom is 0.190 e. The Morgan fingerprint density at radius 1 is 1.19 bits per heavy atom. The average molecular weight is 379 g/mol. The minimum atomic E-state index is 0.863. The molecule has 0 aliphatic carbocycles. The number of furan rings is 1. The molecule has 0 fully saturated rings. The van der Waals surface area contributed by atoms with Crippen LogP contribution in [0.15, 0.2) is 70.1 Å². The number of hydrogen-bond acceptors (Lipinski definition) is 4. The molecule has 4 aromatic rings. The summed E-state index contributed by atoms with van der Waals surface area (Å²) in [6.45, 7) is 5.99. The molecule has 138 valence electrons. The van der Waals surface area contributed by atoms with Crippen molar-refractivity contribution in [2.75, 3.05) is 0 Å². The molecule has 27 heavy (non-hydrogen) atoms. The van der Waals surface area contributed by atoms with Crippen LogP contribution in [0, 0.1) is 13.8 Å². The predicted molar refractivity (Wildman–Crippen MR) is 108 cm³/mol. The molecule has 0 saturated heterocycles. The number of rotatable bonds is 6. The molecule has 0 N–H and O–H groups in total. The van der Waals surface area contributed by atoms with Crippen LogP contribution in [0.3, 0.4) is 0 Å². The van der Waals surface area contributed by atoms with E-state index in [1.807, 2.05) is 30.9 Å². The van der Waals surface area contributed by atoms with Gasteiger partial charge in [-0.3, -0.25) is 0 Å². The second-order valence-corrected chi connectivity index (χ2v) is 7.42. The summed E-state index contributed by atoms with van der Waals surface area (Å²) >= 11 is 1.65. The summed E-state index contributed by atoms with van der Waals surface area (Å²) in [4.78, 5) is 10.0. The molecule has 0 radical (unpaired) electrons. The van der Waals surface area contributed by atoms with E-state index in [0.717, 1.165) is 41.5 Å². The third-order valence-corrected chi connectivity index (χ3v) is 5.36. The molecule has 3 aromatic heterocycles. The van der Waals surface area contributed by atoms with Gasteiger partial charge in [-0.15, -0.1) is 11.3 Å². The zero-order chi connectivity index (χ0) is 18.6. The van der Waals surface area contributed by atoms with Crippen molar-refractivity contribution in [3.8, 4) is 11.5 Å². The van der Waals surface area contributed by atoms with E-state index < -0.39 is 0 Å². The van der Waals surface area contributed by atoms with Gasteiger partial charge in [0.1, 0.15) is 0 Å². The quantitative estimate of drug-likeness (QED) is 0.477. The monoisotopic (exact) mass is 378 g/mol. The zero-order valence-corrected chi connectivity index (χ0v) is 16.3. The van der Waals surface area contributed by atoms with E-state index in [1.165, 1.54) is 11.1 Å². The van der Waals surface area contributed by atoms with Crippen LogP contribution in [-0.2, 0) is 13.1 Å². The van der Waals surface area contributed by atoms with E-state index in [2.05, 4.69) is 51.5 Å². The van der Waals surface area contributed by atoms with Crippen LogP contribution in [0.25, 0.3) is 11.5 Å². The fraction of sp³-hybridized carbons (Fsp3) is 0.238. The molecule has 0 saturated carbocycles. The van der Waals surface area contributed by atoms with Gasteiger partial charge < -0.3 is 13.6 Å². The summed E-state index contributed by atoms with van der Waals surface area (Å²) in [6, 6.07) is 10.3. The van der Waals surface area contributed by atoms with Crippen molar-refractivity contribution in [2.45, 2.75) is 33.4 Å². The lowest BCUT2D eigenvalue weighted by molar-refractivity contribution is 0.541. The summed E-state index contributed by atoms with van der Waals surface area (Å²) < 4.78 is 9.99. The van der Waals surface area contributed by atoms with Gasteiger partial charge in [0.15, 0.2) is 10.6 Å². The molecule has 3 heterocycles. The van der Waals surface area contributed by atoms with E-state index in [9.17, 15) is 0 Å². The third-order valence-electron chi connectivity index (χ3n) is 4.50. The van der Waals surface area contributed by atoms with Gasteiger partial charge in [-0.05, 0) is 44.0 Å². The molecular weight excluding hydrogens is 356 g/mol. The molecule has 1 aromatic carbocycles. The minimum absolute atomic E-state index is 0.863. The molecule has 5 nitrogen and oxygen atoms in total. The van der Waals surface area contributed by atoms with E-state index in [-0.39, 0.29) is 0 Å². The van der Waals surface area contributed by atoms with E-state index in [4.69, 9.17) is 9.41 Å². The standard InChI is InChI=1S/C21H22N4OS/c1-16-6-7-18(17(2)13-16)23-21-25(10-4-9-24-11-8-22-15-24)19(14-27-21)20-5-3-12-26-20/h3,5-8,11-15H,4,9-10H2,1-2H3. The average Bonchev–Trinajstić information content (AvgIpc) is 3.40. The largest absolute Gasteiger partial charge is 0.463 e. The first-order chi connectivity index (χ1) is 13.2. The molecule has 4 rings (SSSR count). The van der Waals surface area contributed by atoms with E-state index in [1.54, 1.807) is 17.6 Å². The Balaban J connectivity index is 1.69. The molecule has 0 bridgehead atoms. The van der Waals surface area contributed by atoms with Crippen LogP contribution in [0.2, 0.25) is 0 Å². The van der Waals surface area contributed by atoms with Gasteiger partial charge in [-0.25, -0.2) is 9.98 Å². The number of nitrogens with zero attached hydrogens (tertiary/aromatic N) is 4. The number of imidazole rings is 1. The van der Waals surface area contributed by atoms with Crippen LogP contribution in [0.1, 0.15) is 17.5 Å². The van der Waals surface area contributed by atoms with Gasteiger partial charge in [0.05, 0.1) is 24.0 Å². The molecule has 0 aliphatic rings. The Morgan fingerprint density at radius 3 is 2.85 bits per heavy atom. The molecule has 0 amide bonds. The summed E-state index contributed by atoms with van der Waals surface area (Å²) in [7, 11) is 0. The highest BCUT2D eigenvalue weighted by molar-refractivity contribution is 7.07. The van der Waals surface area contributed by atoms with Crippen molar-refractivity contribution in [3.05, 3.63) is 76.6 Å². The summed E-state index contributed by atoms with van der Waals surface area (Å²) in [5.74, 6) is 0.871. The van der Waals surface area contributed by atoms with Crippen LogP contribution < -0.4 is 4.80 Å². The summed E-state index contributed by atoms with van der Waals surface area (Å²) in [5.41, 5.74) is 4.52. The lowest BCUT2D eigenvalue weighted by Crippen LogP contribution is -2.17. The lowest BCUT2D eigenvalue weighted by Gasteiger charge is -2.08. The van der Waals surface area contributed by atoms with Crippen molar-refractivity contribution in [3.63, 3.8) is 0 Å². The number of aromatic nitrogens is 3. The molecule has 0 spiro atoms. The maximum atomic E-state index is 5.64. The summed E-state index contributed by atoms with van der Waals surface area (Å²) in [5, 5.41) is 2.12.